The van der Waals surface area contributed by atoms with Crippen LogP contribution in [-0.2, 0) is 0 Å². The maximum absolute atomic E-state index is 6.05. The molecule has 0 atom stereocenters. The molecule has 0 aliphatic heterocycles. The average Bonchev–Trinajstić information content (AvgIpc) is 2.71. The molecule has 7 heteroatoms. The highest BCUT2D eigenvalue weighted by molar-refractivity contribution is 6.31. The van der Waals surface area contributed by atoms with Gasteiger partial charge in [-0.25, -0.2) is 4.98 Å². The lowest BCUT2D eigenvalue weighted by atomic mass is 10.2. The number of anilines is 4. The van der Waals surface area contributed by atoms with Crippen molar-refractivity contribution in [3.63, 3.8) is 0 Å². The number of para-hydroxylation sites is 1. The van der Waals surface area contributed by atoms with Crippen molar-refractivity contribution >= 4 is 45.6 Å². The van der Waals surface area contributed by atoms with Gasteiger partial charge in [0.15, 0.2) is 0 Å². The second-order valence-corrected chi connectivity index (χ2v) is 7.02. The highest BCUT2D eigenvalue weighted by atomic mass is 35.5. The molecule has 0 saturated heterocycles. The van der Waals surface area contributed by atoms with E-state index in [-0.39, 0.29) is 0 Å². The van der Waals surface area contributed by atoms with Crippen LogP contribution in [0.1, 0.15) is 5.69 Å². The Kier molecular flexibility index (Phi) is 5.72. The minimum atomic E-state index is 0.594. The second-order valence-electron chi connectivity index (χ2n) is 6.58. The Morgan fingerprint density at radius 3 is 2.59 bits per heavy atom. The number of hydrogen-bond donors (Lipinski definition) is 3. The fourth-order valence-electron chi connectivity index (χ4n) is 3.03. The van der Waals surface area contributed by atoms with Gasteiger partial charge in [0.05, 0.1) is 5.52 Å². The third-order valence-corrected chi connectivity index (χ3v) is 4.56. The molecule has 2 aromatic carbocycles. The van der Waals surface area contributed by atoms with E-state index in [1.54, 1.807) is 6.20 Å². The summed E-state index contributed by atoms with van der Waals surface area (Å²) in [7, 11) is 0. The molecular formula is C22H21ClN6. The van der Waals surface area contributed by atoms with Gasteiger partial charge in [-0.15, -0.1) is 0 Å². The summed E-state index contributed by atoms with van der Waals surface area (Å²) >= 11 is 6.05. The number of nitrogens with zero attached hydrogens (tertiary/aromatic N) is 3. The molecular weight excluding hydrogens is 384 g/mol. The summed E-state index contributed by atoms with van der Waals surface area (Å²) in [5, 5.41) is 11.7. The van der Waals surface area contributed by atoms with Crippen molar-refractivity contribution in [3.8, 4) is 0 Å². The van der Waals surface area contributed by atoms with E-state index in [4.69, 9.17) is 11.6 Å². The highest BCUT2D eigenvalue weighted by Gasteiger charge is 2.04. The maximum Gasteiger partial charge on any atom is 0.224 e. The van der Waals surface area contributed by atoms with Crippen LogP contribution in [0.15, 0.2) is 66.9 Å². The summed E-state index contributed by atoms with van der Waals surface area (Å²) in [6.45, 7) is 3.33. The van der Waals surface area contributed by atoms with E-state index in [1.807, 2.05) is 67.6 Å². The lowest BCUT2D eigenvalue weighted by molar-refractivity contribution is 1.01. The smallest absolute Gasteiger partial charge is 0.224 e. The van der Waals surface area contributed by atoms with Crippen molar-refractivity contribution in [2.24, 2.45) is 0 Å². The van der Waals surface area contributed by atoms with Gasteiger partial charge >= 0.3 is 0 Å². The number of hydrogen-bond acceptors (Lipinski definition) is 6. The van der Waals surface area contributed by atoms with Crippen molar-refractivity contribution in [1.82, 2.24) is 15.0 Å². The summed E-state index contributed by atoms with van der Waals surface area (Å²) in [4.78, 5) is 13.4. The number of halogens is 1. The van der Waals surface area contributed by atoms with Gasteiger partial charge < -0.3 is 16.0 Å². The van der Waals surface area contributed by atoms with Gasteiger partial charge in [-0.05, 0) is 43.3 Å². The molecule has 0 saturated carbocycles. The van der Waals surface area contributed by atoms with Crippen molar-refractivity contribution in [3.05, 3.63) is 77.6 Å². The number of aromatic nitrogens is 3. The van der Waals surface area contributed by atoms with Gasteiger partial charge in [0.2, 0.25) is 5.95 Å². The van der Waals surface area contributed by atoms with Crippen molar-refractivity contribution in [2.45, 2.75) is 6.92 Å². The van der Waals surface area contributed by atoms with E-state index in [2.05, 4.69) is 30.9 Å². The Labute approximate surface area is 174 Å². The molecule has 4 aromatic rings. The topological polar surface area (TPSA) is 74.8 Å². The molecule has 0 spiro atoms. The number of rotatable bonds is 7. The molecule has 6 nitrogen and oxygen atoms in total. The molecule has 0 radical (unpaired) electrons. The van der Waals surface area contributed by atoms with Crippen LogP contribution in [0.3, 0.4) is 0 Å². The van der Waals surface area contributed by atoms with Crippen LogP contribution >= 0.6 is 11.6 Å². The number of pyridine rings is 1. The fraction of sp³-hybridized carbons (Fsp3) is 0.136. The number of benzene rings is 2. The first-order valence-corrected chi connectivity index (χ1v) is 9.75. The molecule has 0 amide bonds. The fourth-order valence-corrected chi connectivity index (χ4v) is 3.19. The average molecular weight is 405 g/mol. The third kappa shape index (κ3) is 4.92. The molecule has 146 valence electrons. The van der Waals surface area contributed by atoms with Crippen molar-refractivity contribution < 1.29 is 0 Å². The van der Waals surface area contributed by atoms with Crippen LogP contribution in [0, 0.1) is 6.92 Å². The molecule has 0 fully saturated rings. The number of nitrogens with one attached hydrogen (secondary N) is 3. The number of aryl methyl sites for hydroxylation is 1. The predicted molar refractivity (Wildman–Crippen MR) is 120 cm³/mol. The molecule has 2 heterocycles. The van der Waals surface area contributed by atoms with Crippen LogP contribution in [0.5, 0.6) is 0 Å². The molecule has 29 heavy (non-hydrogen) atoms. The zero-order valence-corrected chi connectivity index (χ0v) is 16.7. The number of fused-ring (bicyclic) bond motifs is 1. The summed E-state index contributed by atoms with van der Waals surface area (Å²) < 4.78 is 0. The minimum absolute atomic E-state index is 0.594. The SMILES string of the molecule is Cc1cc(Nc2ccccc2)nc(NCCNc2ccnc3cc(Cl)ccc23)n1. The van der Waals surface area contributed by atoms with E-state index >= 15 is 0 Å². The van der Waals surface area contributed by atoms with Gasteiger partial charge in [-0.1, -0.05) is 29.8 Å². The molecule has 0 bridgehead atoms. The van der Waals surface area contributed by atoms with Gasteiger partial charge in [0, 0.05) is 52.8 Å². The van der Waals surface area contributed by atoms with Crippen molar-refractivity contribution in [2.75, 3.05) is 29.0 Å². The molecule has 4 rings (SSSR count). The normalized spacial score (nSPS) is 10.7. The Hall–Kier alpha value is -3.38. The van der Waals surface area contributed by atoms with E-state index in [0.717, 1.165) is 33.8 Å². The molecule has 2 aromatic heterocycles. The Morgan fingerprint density at radius 2 is 1.72 bits per heavy atom. The standard InChI is InChI=1S/C22H21ClN6/c1-15-13-21(28-17-5-3-2-4-6-17)29-22(27-15)26-12-11-25-19-9-10-24-20-14-16(23)7-8-18(19)20/h2-10,13-14H,11-12H2,1H3,(H,24,25)(H2,26,27,28,29). The first kappa shape index (κ1) is 19.0. The maximum atomic E-state index is 6.05. The summed E-state index contributed by atoms with van der Waals surface area (Å²) in [5.41, 5.74) is 3.77. The monoisotopic (exact) mass is 404 g/mol. The summed E-state index contributed by atoms with van der Waals surface area (Å²) in [6.07, 6.45) is 1.78. The van der Waals surface area contributed by atoms with E-state index < -0.39 is 0 Å². The first-order chi connectivity index (χ1) is 14.2. The van der Waals surface area contributed by atoms with Crippen LogP contribution in [-0.4, -0.2) is 28.0 Å². The van der Waals surface area contributed by atoms with Crippen LogP contribution < -0.4 is 16.0 Å². The van der Waals surface area contributed by atoms with E-state index in [0.29, 0.717) is 24.1 Å². The molecule has 0 unspecified atom stereocenters. The largest absolute Gasteiger partial charge is 0.383 e. The van der Waals surface area contributed by atoms with Crippen molar-refractivity contribution in [1.29, 1.82) is 0 Å². The zero-order valence-electron chi connectivity index (χ0n) is 16.0. The minimum Gasteiger partial charge on any atom is -0.383 e. The lowest BCUT2D eigenvalue weighted by Gasteiger charge is -2.12. The molecule has 3 N–H and O–H groups in total. The summed E-state index contributed by atoms with van der Waals surface area (Å²) in [6, 6.07) is 19.5. The van der Waals surface area contributed by atoms with E-state index in [9.17, 15) is 0 Å². The lowest BCUT2D eigenvalue weighted by Crippen LogP contribution is -2.16. The molecule has 0 aliphatic rings. The van der Waals surface area contributed by atoms with Gasteiger partial charge in [0.1, 0.15) is 5.82 Å². The predicted octanol–water partition coefficient (Wildman–Crippen LogP) is 5.25. The quantitative estimate of drug-likeness (QED) is 0.365. The Morgan fingerprint density at radius 1 is 0.897 bits per heavy atom. The van der Waals surface area contributed by atoms with E-state index in [1.165, 1.54) is 0 Å². The summed E-state index contributed by atoms with van der Waals surface area (Å²) in [5.74, 6) is 1.35. The van der Waals surface area contributed by atoms with Gasteiger partial charge in [-0.3, -0.25) is 4.98 Å². The van der Waals surface area contributed by atoms with Crippen LogP contribution in [0.2, 0.25) is 5.02 Å². The zero-order chi connectivity index (χ0) is 20.1. The third-order valence-electron chi connectivity index (χ3n) is 4.33. The van der Waals surface area contributed by atoms with Crippen LogP contribution in [0.4, 0.5) is 23.1 Å². The van der Waals surface area contributed by atoms with Crippen LogP contribution in [0.25, 0.3) is 10.9 Å². The second kappa shape index (κ2) is 8.75. The van der Waals surface area contributed by atoms with Gasteiger partial charge in [-0.2, -0.15) is 4.98 Å². The Bertz CT molecular complexity index is 1120. The Balaban J connectivity index is 1.37. The first-order valence-electron chi connectivity index (χ1n) is 9.37. The molecule has 0 aliphatic carbocycles. The van der Waals surface area contributed by atoms with Gasteiger partial charge in [0.25, 0.3) is 0 Å². The highest BCUT2D eigenvalue weighted by Crippen LogP contribution is 2.24.